The molecule has 3 N–H and O–H groups in total. The molecule has 0 saturated carbocycles. The van der Waals surface area contributed by atoms with E-state index in [0.717, 1.165) is 6.08 Å². The molecule has 0 radical (unpaired) electrons. The lowest BCUT2D eigenvalue weighted by Crippen LogP contribution is -2.39. The molecule has 0 bridgehead atoms. The summed E-state index contributed by atoms with van der Waals surface area (Å²) in [6, 6.07) is 0. The normalized spacial score (nSPS) is 39.4. The van der Waals surface area contributed by atoms with Gasteiger partial charge in [-0.25, -0.2) is 0 Å². The SMILES string of the molecule is CC1C=CC1(O)P(=O)(O)O. The first kappa shape index (κ1) is 7.95. The first-order valence-corrected chi connectivity index (χ1v) is 4.46. The van der Waals surface area contributed by atoms with Crippen molar-refractivity contribution in [3.8, 4) is 0 Å². The molecular formula is C5H9O4P. The smallest absolute Gasteiger partial charge is 0.361 e. The fourth-order valence-electron chi connectivity index (χ4n) is 0.823. The summed E-state index contributed by atoms with van der Waals surface area (Å²) in [4.78, 5) is 17.2. The van der Waals surface area contributed by atoms with Crippen LogP contribution in [0.25, 0.3) is 0 Å². The Morgan fingerprint density at radius 1 is 1.60 bits per heavy atom. The third-order valence-corrected chi connectivity index (χ3v) is 3.26. The molecule has 0 aromatic heterocycles. The van der Waals surface area contributed by atoms with E-state index in [0.29, 0.717) is 0 Å². The van der Waals surface area contributed by atoms with Crippen LogP contribution >= 0.6 is 7.60 Å². The highest BCUT2D eigenvalue weighted by Crippen LogP contribution is 2.57. The van der Waals surface area contributed by atoms with E-state index in [9.17, 15) is 4.57 Å². The van der Waals surface area contributed by atoms with Gasteiger partial charge in [-0.1, -0.05) is 13.0 Å². The molecule has 2 atom stereocenters. The summed E-state index contributed by atoms with van der Waals surface area (Å²) < 4.78 is 10.5. The van der Waals surface area contributed by atoms with E-state index in [1.54, 1.807) is 13.0 Å². The lowest BCUT2D eigenvalue weighted by molar-refractivity contribution is 0.0836. The Hall–Kier alpha value is -0.150. The van der Waals surface area contributed by atoms with Crippen LogP contribution in [0.5, 0.6) is 0 Å². The predicted octanol–water partition coefficient (Wildman–Crippen LogP) is 0.0586. The topological polar surface area (TPSA) is 77.8 Å². The van der Waals surface area contributed by atoms with Crippen LogP contribution in [0.1, 0.15) is 6.92 Å². The molecular weight excluding hydrogens is 155 g/mol. The highest BCUT2D eigenvalue weighted by molar-refractivity contribution is 7.53. The van der Waals surface area contributed by atoms with E-state index >= 15 is 0 Å². The zero-order valence-corrected chi connectivity index (χ0v) is 6.32. The molecule has 58 valence electrons. The van der Waals surface area contributed by atoms with Crippen molar-refractivity contribution in [3.63, 3.8) is 0 Å². The van der Waals surface area contributed by atoms with Crippen LogP contribution in [0.4, 0.5) is 0 Å². The highest BCUT2D eigenvalue weighted by Gasteiger charge is 2.51. The van der Waals surface area contributed by atoms with Gasteiger partial charge in [0.2, 0.25) is 0 Å². The Kier molecular flexibility index (Phi) is 1.53. The van der Waals surface area contributed by atoms with E-state index in [-0.39, 0.29) is 0 Å². The maximum atomic E-state index is 10.5. The Labute approximate surface area is 58.3 Å². The predicted molar refractivity (Wildman–Crippen MR) is 35.3 cm³/mol. The summed E-state index contributed by atoms with van der Waals surface area (Å²) in [7, 11) is -4.37. The van der Waals surface area contributed by atoms with E-state index in [4.69, 9.17) is 14.9 Å². The van der Waals surface area contributed by atoms with Crippen LogP contribution < -0.4 is 0 Å². The molecule has 0 aromatic rings. The average Bonchev–Trinajstić information content (AvgIpc) is 1.80. The maximum Gasteiger partial charge on any atom is 0.361 e. The van der Waals surface area contributed by atoms with Gasteiger partial charge in [0.1, 0.15) is 0 Å². The van der Waals surface area contributed by atoms with Crippen LogP contribution in [0, 0.1) is 5.92 Å². The van der Waals surface area contributed by atoms with Crippen molar-refractivity contribution in [2.45, 2.75) is 12.3 Å². The van der Waals surface area contributed by atoms with Gasteiger partial charge < -0.3 is 14.9 Å². The van der Waals surface area contributed by atoms with Gasteiger partial charge in [0.05, 0.1) is 0 Å². The fraction of sp³-hybridized carbons (Fsp3) is 0.600. The lowest BCUT2D eigenvalue weighted by Gasteiger charge is -2.36. The highest BCUT2D eigenvalue weighted by atomic mass is 31.2. The van der Waals surface area contributed by atoms with Crippen molar-refractivity contribution in [3.05, 3.63) is 12.2 Å². The third kappa shape index (κ3) is 0.847. The van der Waals surface area contributed by atoms with Crippen LogP contribution in [-0.2, 0) is 4.57 Å². The molecule has 0 spiro atoms. The molecule has 0 aliphatic heterocycles. The molecule has 4 nitrogen and oxygen atoms in total. The lowest BCUT2D eigenvalue weighted by atomic mass is 9.93. The van der Waals surface area contributed by atoms with Crippen LogP contribution in [0.15, 0.2) is 12.2 Å². The number of aliphatic hydroxyl groups is 1. The number of rotatable bonds is 1. The molecule has 1 aliphatic rings. The molecule has 0 fully saturated rings. The largest absolute Gasteiger partial charge is 0.373 e. The van der Waals surface area contributed by atoms with Gasteiger partial charge in [0, 0.05) is 5.92 Å². The second-order valence-corrected chi connectivity index (χ2v) is 4.28. The summed E-state index contributed by atoms with van der Waals surface area (Å²) in [5, 5.41) is 7.27. The number of hydrogen-bond donors (Lipinski definition) is 3. The summed E-state index contributed by atoms with van der Waals surface area (Å²) >= 11 is 0. The summed E-state index contributed by atoms with van der Waals surface area (Å²) in [5.74, 6) is -0.451. The van der Waals surface area contributed by atoms with Crippen LogP contribution in [0.2, 0.25) is 0 Å². The van der Waals surface area contributed by atoms with Gasteiger partial charge in [-0.3, -0.25) is 4.57 Å². The molecule has 5 heteroatoms. The molecule has 2 unspecified atom stereocenters. The van der Waals surface area contributed by atoms with Gasteiger partial charge in [-0.2, -0.15) is 0 Å². The first-order valence-electron chi connectivity index (χ1n) is 2.85. The Morgan fingerprint density at radius 3 is 2.10 bits per heavy atom. The monoisotopic (exact) mass is 164 g/mol. The van der Waals surface area contributed by atoms with Gasteiger partial charge in [-0.05, 0) is 6.08 Å². The van der Waals surface area contributed by atoms with E-state index in [2.05, 4.69) is 0 Å². The molecule has 0 aromatic carbocycles. The molecule has 10 heavy (non-hydrogen) atoms. The van der Waals surface area contributed by atoms with Gasteiger partial charge in [0.25, 0.3) is 0 Å². The maximum absolute atomic E-state index is 10.5. The summed E-state index contributed by atoms with van der Waals surface area (Å²) in [5.41, 5.74) is 0. The van der Waals surface area contributed by atoms with Crippen molar-refractivity contribution in [2.75, 3.05) is 0 Å². The molecule has 0 amide bonds. The minimum Gasteiger partial charge on any atom is -0.373 e. The van der Waals surface area contributed by atoms with Crippen molar-refractivity contribution in [2.24, 2.45) is 5.92 Å². The third-order valence-electron chi connectivity index (χ3n) is 1.77. The van der Waals surface area contributed by atoms with E-state index in [1.165, 1.54) is 0 Å². The fourth-order valence-corrected chi connectivity index (χ4v) is 1.72. The molecule has 1 rings (SSSR count). The quantitative estimate of drug-likeness (QED) is 0.378. The molecule has 0 heterocycles. The van der Waals surface area contributed by atoms with Crippen molar-refractivity contribution < 1.29 is 19.5 Å². The second kappa shape index (κ2) is 1.92. The second-order valence-electron chi connectivity index (χ2n) is 2.47. The Bertz CT molecular complexity index is 218. The van der Waals surface area contributed by atoms with Crippen molar-refractivity contribution in [1.29, 1.82) is 0 Å². The van der Waals surface area contributed by atoms with Gasteiger partial charge >= 0.3 is 7.60 Å². The van der Waals surface area contributed by atoms with Crippen molar-refractivity contribution in [1.82, 2.24) is 0 Å². The summed E-state index contributed by atoms with van der Waals surface area (Å²) in [6.07, 6.45) is 2.69. The first-order chi connectivity index (χ1) is 4.38. The van der Waals surface area contributed by atoms with E-state index in [1.807, 2.05) is 0 Å². The average molecular weight is 164 g/mol. The zero-order chi connectivity index (χ0) is 7.99. The molecule has 0 saturated heterocycles. The van der Waals surface area contributed by atoms with Crippen molar-refractivity contribution >= 4 is 7.60 Å². The minimum absolute atomic E-state index is 0.451. The van der Waals surface area contributed by atoms with Crippen LogP contribution in [0.3, 0.4) is 0 Å². The zero-order valence-electron chi connectivity index (χ0n) is 5.43. The van der Waals surface area contributed by atoms with Crippen LogP contribution in [-0.4, -0.2) is 20.2 Å². The number of hydrogen-bond acceptors (Lipinski definition) is 2. The standard InChI is InChI=1S/C5H9O4P/c1-4-2-3-5(4,6)10(7,8)9/h2-4,6H,1H3,(H2,7,8,9). The molecule has 1 aliphatic carbocycles. The minimum atomic E-state index is -4.37. The van der Waals surface area contributed by atoms with E-state index < -0.39 is 18.9 Å². The Balaban J connectivity index is 2.94. The Morgan fingerprint density at radius 2 is 2.10 bits per heavy atom. The van der Waals surface area contributed by atoms with Gasteiger partial charge in [-0.15, -0.1) is 0 Å². The van der Waals surface area contributed by atoms with Gasteiger partial charge in [0.15, 0.2) is 5.34 Å². The summed E-state index contributed by atoms with van der Waals surface area (Å²) in [6.45, 7) is 1.55.